The molecule has 1 fully saturated rings. The minimum Gasteiger partial charge on any atom is -0.480 e. The van der Waals surface area contributed by atoms with Crippen LogP contribution in [-0.4, -0.2) is 40.2 Å². The fourth-order valence-corrected chi connectivity index (χ4v) is 2.28. The average Bonchev–Trinajstić information content (AvgIpc) is 2.47. The van der Waals surface area contributed by atoms with Gasteiger partial charge in [0.2, 0.25) is 5.88 Å². The van der Waals surface area contributed by atoms with Gasteiger partial charge in [-0.2, -0.15) is 4.98 Å². The van der Waals surface area contributed by atoms with Crippen molar-refractivity contribution in [3.63, 3.8) is 0 Å². The highest BCUT2D eigenvalue weighted by atomic mass is 16.5. The zero-order chi connectivity index (χ0) is 14.5. The van der Waals surface area contributed by atoms with Gasteiger partial charge in [-0.3, -0.25) is 4.98 Å². The molecule has 20 heavy (non-hydrogen) atoms. The fourth-order valence-electron chi connectivity index (χ4n) is 2.28. The molecular formula is C14H21N3O3. The Hall–Kier alpha value is -1.85. The van der Waals surface area contributed by atoms with E-state index >= 15 is 0 Å². The Labute approximate surface area is 118 Å². The Bertz CT molecular complexity index is 461. The van der Waals surface area contributed by atoms with E-state index in [1.54, 1.807) is 31.3 Å². The fraction of sp³-hybridized carbons (Fsp3) is 0.643. The molecule has 1 saturated carbocycles. The molecule has 0 aromatic carbocycles. The summed E-state index contributed by atoms with van der Waals surface area (Å²) in [5.41, 5.74) is 0. The second kappa shape index (κ2) is 6.54. The van der Waals surface area contributed by atoms with Crippen molar-refractivity contribution in [1.82, 2.24) is 9.97 Å². The molecule has 1 N–H and O–H groups in total. The van der Waals surface area contributed by atoms with Crippen LogP contribution in [-0.2, 0) is 4.79 Å². The molecule has 1 atom stereocenters. The third kappa shape index (κ3) is 3.59. The zero-order valence-electron chi connectivity index (χ0n) is 12.0. The maximum absolute atomic E-state index is 11.0. The number of carboxylic acids is 1. The van der Waals surface area contributed by atoms with Crippen LogP contribution >= 0.6 is 0 Å². The van der Waals surface area contributed by atoms with Gasteiger partial charge in [-0.1, -0.05) is 6.42 Å². The number of hydrogen-bond acceptors (Lipinski definition) is 5. The first-order valence-corrected chi connectivity index (χ1v) is 7.02. The first-order chi connectivity index (χ1) is 9.58. The number of anilines is 1. The van der Waals surface area contributed by atoms with Crippen molar-refractivity contribution in [1.29, 1.82) is 0 Å². The molecule has 0 bridgehead atoms. The van der Waals surface area contributed by atoms with E-state index in [0.717, 1.165) is 12.8 Å². The van der Waals surface area contributed by atoms with Gasteiger partial charge in [-0.15, -0.1) is 0 Å². The van der Waals surface area contributed by atoms with E-state index in [1.807, 2.05) is 0 Å². The highest BCUT2D eigenvalue weighted by Crippen LogP contribution is 2.23. The van der Waals surface area contributed by atoms with Gasteiger partial charge in [-0.05, 0) is 32.6 Å². The summed E-state index contributed by atoms with van der Waals surface area (Å²) in [5, 5.41) is 9.02. The van der Waals surface area contributed by atoms with Crippen LogP contribution < -0.4 is 9.64 Å². The number of ether oxygens (including phenoxy) is 1. The molecule has 1 aliphatic rings. The molecule has 0 spiro atoms. The van der Waals surface area contributed by atoms with Crippen LogP contribution in [0.3, 0.4) is 0 Å². The molecule has 6 nitrogen and oxygen atoms in total. The van der Waals surface area contributed by atoms with Crippen LogP contribution in [0.2, 0.25) is 0 Å². The smallest absolute Gasteiger partial charge is 0.326 e. The minimum atomic E-state index is -0.895. The van der Waals surface area contributed by atoms with Crippen molar-refractivity contribution in [3.8, 4) is 5.88 Å². The van der Waals surface area contributed by atoms with E-state index in [1.165, 1.54) is 19.3 Å². The van der Waals surface area contributed by atoms with Crippen LogP contribution in [0, 0.1) is 0 Å². The van der Waals surface area contributed by atoms with Crippen molar-refractivity contribution in [3.05, 3.63) is 12.4 Å². The van der Waals surface area contributed by atoms with E-state index in [4.69, 9.17) is 9.84 Å². The molecule has 1 aromatic heterocycles. The molecule has 0 aliphatic heterocycles. The standard InChI is InChI=1S/C14H21N3O3/c1-10(14(18)19)17(2)12-8-15-9-13(16-12)20-11-6-4-3-5-7-11/h8-11H,3-7H2,1-2H3,(H,18,19). The topological polar surface area (TPSA) is 75.5 Å². The predicted molar refractivity (Wildman–Crippen MR) is 75.0 cm³/mol. The summed E-state index contributed by atoms with van der Waals surface area (Å²) in [6.45, 7) is 1.61. The lowest BCUT2D eigenvalue weighted by molar-refractivity contribution is -0.138. The Morgan fingerprint density at radius 1 is 1.40 bits per heavy atom. The average molecular weight is 279 g/mol. The SMILES string of the molecule is CC(C(=O)O)N(C)c1cncc(OC2CCCCC2)n1. The molecule has 0 saturated heterocycles. The van der Waals surface area contributed by atoms with Crippen molar-refractivity contribution in [2.24, 2.45) is 0 Å². The van der Waals surface area contributed by atoms with Crippen LogP contribution in [0.15, 0.2) is 12.4 Å². The summed E-state index contributed by atoms with van der Waals surface area (Å²) in [6.07, 6.45) is 9.08. The predicted octanol–water partition coefficient (Wildman–Crippen LogP) is 2.10. The summed E-state index contributed by atoms with van der Waals surface area (Å²) in [7, 11) is 1.69. The number of hydrogen-bond donors (Lipinski definition) is 1. The number of aromatic nitrogens is 2. The summed E-state index contributed by atoms with van der Waals surface area (Å²) in [4.78, 5) is 21.0. The molecule has 1 unspecified atom stereocenters. The van der Waals surface area contributed by atoms with E-state index in [9.17, 15) is 4.79 Å². The Morgan fingerprint density at radius 3 is 2.75 bits per heavy atom. The summed E-state index contributed by atoms with van der Waals surface area (Å²) in [5.74, 6) is 0.0833. The van der Waals surface area contributed by atoms with Gasteiger partial charge in [0.05, 0.1) is 12.4 Å². The number of rotatable bonds is 5. The Kier molecular flexibility index (Phi) is 4.76. The largest absolute Gasteiger partial charge is 0.480 e. The highest BCUT2D eigenvalue weighted by Gasteiger charge is 2.20. The Balaban J connectivity index is 2.05. The molecule has 0 radical (unpaired) electrons. The Morgan fingerprint density at radius 2 is 2.10 bits per heavy atom. The van der Waals surface area contributed by atoms with Gasteiger partial charge in [0.15, 0.2) is 5.82 Å². The molecule has 6 heteroatoms. The number of aliphatic carboxylic acids is 1. The van der Waals surface area contributed by atoms with Crippen molar-refractivity contribution in [2.45, 2.75) is 51.2 Å². The molecule has 2 rings (SSSR count). The minimum absolute atomic E-state index is 0.204. The summed E-state index contributed by atoms with van der Waals surface area (Å²) >= 11 is 0. The van der Waals surface area contributed by atoms with Crippen LogP contribution in [0.1, 0.15) is 39.0 Å². The van der Waals surface area contributed by atoms with Gasteiger partial charge in [-0.25, -0.2) is 4.79 Å². The van der Waals surface area contributed by atoms with E-state index < -0.39 is 12.0 Å². The lowest BCUT2D eigenvalue weighted by Gasteiger charge is -2.24. The number of nitrogens with zero attached hydrogens (tertiary/aromatic N) is 3. The molecule has 0 amide bonds. The summed E-state index contributed by atoms with van der Waals surface area (Å²) < 4.78 is 5.84. The second-order valence-electron chi connectivity index (χ2n) is 5.22. The molecule has 1 heterocycles. The van der Waals surface area contributed by atoms with Gasteiger partial charge in [0.25, 0.3) is 0 Å². The van der Waals surface area contributed by atoms with E-state index in [2.05, 4.69) is 9.97 Å². The second-order valence-corrected chi connectivity index (χ2v) is 5.22. The maximum Gasteiger partial charge on any atom is 0.326 e. The van der Waals surface area contributed by atoms with Crippen LogP contribution in [0.4, 0.5) is 5.82 Å². The summed E-state index contributed by atoms with van der Waals surface area (Å²) in [6, 6.07) is -0.658. The number of carbonyl (C=O) groups is 1. The molecule has 1 aromatic rings. The quantitative estimate of drug-likeness (QED) is 0.889. The van der Waals surface area contributed by atoms with Crippen molar-refractivity contribution in [2.75, 3.05) is 11.9 Å². The zero-order valence-corrected chi connectivity index (χ0v) is 12.0. The third-order valence-electron chi connectivity index (χ3n) is 3.74. The monoisotopic (exact) mass is 279 g/mol. The number of carboxylic acid groups (broad SMARTS) is 1. The van der Waals surface area contributed by atoms with Crippen LogP contribution in [0.5, 0.6) is 5.88 Å². The molecule has 110 valence electrons. The lowest BCUT2D eigenvalue weighted by Crippen LogP contribution is -2.36. The van der Waals surface area contributed by atoms with Crippen molar-refractivity contribution < 1.29 is 14.6 Å². The van der Waals surface area contributed by atoms with E-state index in [-0.39, 0.29) is 6.10 Å². The van der Waals surface area contributed by atoms with Gasteiger partial charge >= 0.3 is 5.97 Å². The number of likely N-dealkylation sites (N-methyl/N-ethyl adjacent to an activating group) is 1. The molecule has 1 aliphatic carbocycles. The molecular weight excluding hydrogens is 258 g/mol. The first-order valence-electron chi connectivity index (χ1n) is 7.02. The first kappa shape index (κ1) is 14.6. The highest BCUT2D eigenvalue weighted by molar-refractivity contribution is 5.76. The van der Waals surface area contributed by atoms with Gasteiger partial charge in [0.1, 0.15) is 12.1 Å². The van der Waals surface area contributed by atoms with Crippen LogP contribution in [0.25, 0.3) is 0 Å². The van der Waals surface area contributed by atoms with Crippen molar-refractivity contribution >= 4 is 11.8 Å². The third-order valence-corrected chi connectivity index (χ3v) is 3.74. The van der Waals surface area contributed by atoms with Gasteiger partial charge < -0.3 is 14.7 Å². The lowest BCUT2D eigenvalue weighted by atomic mass is 9.98. The maximum atomic E-state index is 11.0. The normalized spacial score (nSPS) is 17.5. The van der Waals surface area contributed by atoms with Gasteiger partial charge in [0, 0.05) is 7.05 Å². The van der Waals surface area contributed by atoms with E-state index in [0.29, 0.717) is 11.7 Å².